The van der Waals surface area contributed by atoms with E-state index in [1.54, 1.807) is 0 Å². The molecule has 2 aliphatic rings. The number of benzene rings is 1. The van der Waals surface area contributed by atoms with Crippen molar-refractivity contribution >= 4 is 29.9 Å². The van der Waals surface area contributed by atoms with Gasteiger partial charge >= 0.3 is 0 Å². The van der Waals surface area contributed by atoms with Crippen LogP contribution in [0.3, 0.4) is 0 Å². The average Bonchev–Trinajstić information content (AvgIpc) is 2.67. The maximum atomic E-state index is 13.3. The number of hydrogen-bond donors (Lipinski definition) is 1. The molecule has 6 nitrogen and oxygen atoms in total. The Morgan fingerprint density at radius 1 is 1.17 bits per heavy atom. The zero-order valence-corrected chi connectivity index (χ0v) is 20.3. The monoisotopic (exact) mass is 519 g/mol. The number of guanidine groups is 1. The normalized spacial score (nSPS) is 26.9. The van der Waals surface area contributed by atoms with Crippen LogP contribution in [0.15, 0.2) is 29.3 Å². The number of piperazine rings is 1. The van der Waals surface area contributed by atoms with E-state index in [0.717, 1.165) is 50.8 Å². The number of nitrogens with zero attached hydrogens (tertiary/aromatic N) is 4. The number of hydrogen-bond acceptors (Lipinski definition) is 4. The third-order valence-corrected chi connectivity index (χ3v) is 5.57. The number of likely N-dealkylation sites (N-methyl/N-ethyl adjacent to an activating group) is 2. The maximum absolute atomic E-state index is 13.3. The van der Waals surface area contributed by atoms with Crippen LogP contribution in [-0.2, 0) is 4.74 Å². The van der Waals surface area contributed by atoms with Gasteiger partial charge in [-0.1, -0.05) is 12.1 Å². The summed E-state index contributed by atoms with van der Waals surface area (Å²) >= 11 is 0. The molecule has 2 fully saturated rings. The average molecular weight is 519 g/mol. The summed E-state index contributed by atoms with van der Waals surface area (Å²) in [5, 5.41) is 3.45. The molecule has 0 saturated carbocycles. The van der Waals surface area contributed by atoms with E-state index < -0.39 is 0 Å². The van der Waals surface area contributed by atoms with Gasteiger partial charge in [0, 0.05) is 38.8 Å². The van der Waals surface area contributed by atoms with E-state index >= 15 is 0 Å². The van der Waals surface area contributed by atoms with Crippen molar-refractivity contribution in [1.29, 1.82) is 0 Å². The SMILES string of the molecule is CCNC(=NCC1CN(C)CCN1C)N1CC(C)OC(c2ccc(F)cc2)C1.I. The summed E-state index contributed by atoms with van der Waals surface area (Å²) in [6, 6.07) is 7.05. The van der Waals surface area contributed by atoms with Crippen LogP contribution in [0.25, 0.3) is 0 Å². The van der Waals surface area contributed by atoms with Crippen LogP contribution in [0.2, 0.25) is 0 Å². The van der Waals surface area contributed by atoms with Gasteiger partial charge in [0.1, 0.15) is 11.9 Å². The summed E-state index contributed by atoms with van der Waals surface area (Å²) in [6.07, 6.45) is -0.00663. The van der Waals surface area contributed by atoms with Gasteiger partial charge in [0.15, 0.2) is 5.96 Å². The summed E-state index contributed by atoms with van der Waals surface area (Å²) in [5.41, 5.74) is 1.00. The van der Waals surface area contributed by atoms with Crippen LogP contribution in [-0.4, -0.2) is 92.7 Å². The van der Waals surface area contributed by atoms with Crippen molar-refractivity contribution in [3.05, 3.63) is 35.6 Å². The van der Waals surface area contributed by atoms with Gasteiger partial charge in [-0.2, -0.15) is 0 Å². The lowest BCUT2D eigenvalue weighted by Gasteiger charge is -2.40. The number of rotatable bonds is 4. The molecule has 3 unspecified atom stereocenters. The minimum absolute atomic E-state index is 0. The number of aliphatic imine (C=N–C) groups is 1. The molecule has 0 spiro atoms. The summed E-state index contributed by atoms with van der Waals surface area (Å²) in [6.45, 7) is 10.5. The topological polar surface area (TPSA) is 43.3 Å². The molecule has 8 heteroatoms. The van der Waals surface area contributed by atoms with E-state index in [1.807, 2.05) is 12.1 Å². The molecule has 1 aromatic carbocycles. The predicted molar refractivity (Wildman–Crippen MR) is 127 cm³/mol. The van der Waals surface area contributed by atoms with Gasteiger partial charge in [-0.3, -0.25) is 9.89 Å². The molecule has 1 aromatic rings. The standard InChI is InChI=1S/C21H34FN5O.HI/c1-5-23-21(24-12-19-14-25(3)10-11-26(19)4)27-13-16(2)28-20(15-27)17-6-8-18(22)9-7-17;/h6-9,16,19-20H,5,10-15H2,1-4H3,(H,23,24);1H. The minimum atomic E-state index is -0.221. The van der Waals surface area contributed by atoms with E-state index in [-0.39, 0.29) is 42.0 Å². The van der Waals surface area contributed by atoms with Crippen LogP contribution >= 0.6 is 24.0 Å². The van der Waals surface area contributed by atoms with Crippen molar-refractivity contribution in [2.45, 2.75) is 32.1 Å². The van der Waals surface area contributed by atoms with Crippen LogP contribution in [0.5, 0.6) is 0 Å². The van der Waals surface area contributed by atoms with Gasteiger partial charge in [-0.25, -0.2) is 4.39 Å². The molecule has 0 bridgehead atoms. The fourth-order valence-electron chi connectivity index (χ4n) is 3.90. The molecular weight excluding hydrogens is 484 g/mol. The lowest BCUT2D eigenvalue weighted by molar-refractivity contribution is -0.0605. The second kappa shape index (κ2) is 11.4. The Bertz CT molecular complexity index is 659. The van der Waals surface area contributed by atoms with Crippen LogP contribution in [0.4, 0.5) is 4.39 Å². The second-order valence-corrected chi connectivity index (χ2v) is 7.98. The summed E-state index contributed by atoms with van der Waals surface area (Å²) in [7, 11) is 4.35. The molecule has 0 aromatic heterocycles. The lowest BCUT2D eigenvalue weighted by Crippen LogP contribution is -2.53. The van der Waals surface area contributed by atoms with Gasteiger partial charge in [0.2, 0.25) is 0 Å². The maximum Gasteiger partial charge on any atom is 0.194 e. The van der Waals surface area contributed by atoms with Crippen molar-refractivity contribution in [3.8, 4) is 0 Å². The Balaban J connectivity index is 0.00000300. The molecule has 1 N–H and O–H groups in total. The lowest BCUT2D eigenvalue weighted by atomic mass is 10.1. The number of halogens is 2. The highest BCUT2D eigenvalue weighted by Gasteiger charge is 2.29. The largest absolute Gasteiger partial charge is 0.367 e. The van der Waals surface area contributed by atoms with Gasteiger partial charge in [-0.05, 0) is 45.6 Å². The highest BCUT2D eigenvalue weighted by Crippen LogP contribution is 2.25. The van der Waals surface area contributed by atoms with Gasteiger partial charge in [0.25, 0.3) is 0 Å². The van der Waals surface area contributed by atoms with E-state index in [9.17, 15) is 4.39 Å². The Morgan fingerprint density at radius 2 is 1.90 bits per heavy atom. The molecule has 2 heterocycles. The Hall–Kier alpha value is -0.970. The fourth-order valence-corrected chi connectivity index (χ4v) is 3.90. The van der Waals surface area contributed by atoms with Crippen LogP contribution < -0.4 is 5.32 Å². The summed E-state index contributed by atoms with van der Waals surface area (Å²) in [4.78, 5) is 12.0. The summed E-state index contributed by atoms with van der Waals surface area (Å²) in [5.74, 6) is 0.715. The predicted octanol–water partition coefficient (Wildman–Crippen LogP) is 2.42. The van der Waals surface area contributed by atoms with E-state index in [1.165, 1.54) is 12.1 Å². The van der Waals surface area contributed by atoms with E-state index in [2.05, 4.69) is 48.0 Å². The van der Waals surface area contributed by atoms with Gasteiger partial charge in [0.05, 0.1) is 19.2 Å². The van der Waals surface area contributed by atoms with E-state index in [4.69, 9.17) is 9.73 Å². The highest BCUT2D eigenvalue weighted by molar-refractivity contribution is 14.0. The number of nitrogens with one attached hydrogen (secondary N) is 1. The number of ether oxygens (including phenoxy) is 1. The first-order valence-corrected chi connectivity index (χ1v) is 10.3. The van der Waals surface area contributed by atoms with Crippen molar-refractivity contribution < 1.29 is 9.13 Å². The third-order valence-electron chi connectivity index (χ3n) is 5.57. The Labute approximate surface area is 191 Å². The van der Waals surface area contributed by atoms with Crippen LogP contribution in [0, 0.1) is 5.82 Å². The van der Waals surface area contributed by atoms with E-state index in [0.29, 0.717) is 12.6 Å². The van der Waals surface area contributed by atoms with Crippen molar-refractivity contribution in [1.82, 2.24) is 20.0 Å². The molecule has 0 amide bonds. The highest BCUT2D eigenvalue weighted by atomic mass is 127. The fraction of sp³-hybridized carbons (Fsp3) is 0.667. The quantitative estimate of drug-likeness (QED) is 0.376. The third kappa shape index (κ3) is 6.77. The first kappa shape index (κ1) is 24.3. The molecule has 3 atom stereocenters. The zero-order valence-electron chi connectivity index (χ0n) is 18.0. The Morgan fingerprint density at radius 3 is 2.59 bits per heavy atom. The molecule has 0 radical (unpaired) electrons. The second-order valence-electron chi connectivity index (χ2n) is 7.98. The van der Waals surface area contributed by atoms with Crippen molar-refractivity contribution in [3.63, 3.8) is 0 Å². The first-order valence-electron chi connectivity index (χ1n) is 10.3. The molecular formula is C21H35FIN5O. The zero-order chi connectivity index (χ0) is 20.1. The van der Waals surface area contributed by atoms with Crippen molar-refractivity contribution in [2.24, 2.45) is 4.99 Å². The Kier molecular flexibility index (Phi) is 9.58. The molecule has 2 aliphatic heterocycles. The molecule has 2 saturated heterocycles. The molecule has 164 valence electrons. The van der Waals surface area contributed by atoms with Crippen molar-refractivity contribution in [2.75, 3.05) is 59.9 Å². The molecule has 29 heavy (non-hydrogen) atoms. The molecule has 0 aliphatic carbocycles. The minimum Gasteiger partial charge on any atom is -0.367 e. The molecule has 3 rings (SSSR count). The van der Waals surface area contributed by atoms with Gasteiger partial charge in [-0.15, -0.1) is 24.0 Å². The smallest absolute Gasteiger partial charge is 0.194 e. The number of morpholine rings is 1. The summed E-state index contributed by atoms with van der Waals surface area (Å²) < 4.78 is 19.4. The first-order chi connectivity index (χ1) is 13.5. The van der Waals surface area contributed by atoms with Gasteiger partial charge < -0.3 is 19.9 Å². The van der Waals surface area contributed by atoms with Crippen LogP contribution in [0.1, 0.15) is 25.5 Å².